The highest BCUT2D eigenvalue weighted by Crippen LogP contribution is 2.23. The molecule has 0 aliphatic heterocycles. The molecule has 1 aromatic heterocycles. The summed E-state index contributed by atoms with van der Waals surface area (Å²) >= 11 is 1.79. The summed E-state index contributed by atoms with van der Waals surface area (Å²) in [5, 5.41) is 5.36. The second-order valence-electron chi connectivity index (χ2n) is 6.27. The fraction of sp³-hybridized carbons (Fsp3) is 0.688. The van der Waals surface area contributed by atoms with E-state index in [4.69, 9.17) is 0 Å². The highest BCUT2D eigenvalue weighted by atomic mass is 32.1. The molecule has 1 saturated carbocycles. The highest BCUT2D eigenvalue weighted by Gasteiger charge is 2.23. The third kappa shape index (κ3) is 4.32. The van der Waals surface area contributed by atoms with Crippen LogP contribution in [0.5, 0.6) is 0 Å². The number of carbonyl (C=O) groups is 1. The molecule has 2 N–H and O–H groups in total. The molecule has 1 unspecified atom stereocenters. The van der Waals surface area contributed by atoms with Crippen LogP contribution in [0, 0.1) is 12.8 Å². The Labute approximate surface area is 126 Å². The Morgan fingerprint density at radius 3 is 2.85 bits per heavy atom. The van der Waals surface area contributed by atoms with Crippen molar-refractivity contribution in [1.82, 2.24) is 5.32 Å². The van der Waals surface area contributed by atoms with Gasteiger partial charge in [-0.1, -0.05) is 19.8 Å². The average Bonchev–Trinajstić information content (AvgIpc) is 2.77. The molecule has 0 radical (unpaired) electrons. The lowest BCUT2D eigenvalue weighted by Crippen LogP contribution is -3.09. The van der Waals surface area contributed by atoms with Gasteiger partial charge in [0, 0.05) is 6.04 Å². The number of carbonyl (C=O) groups excluding carboxylic acids is 1. The number of quaternary nitrogens is 1. The molecule has 1 aliphatic carbocycles. The van der Waals surface area contributed by atoms with Crippen LogP contribution in [0.3, 0.4) is 0 Å². The van der Waals surface area contributed by atoms with Crippen molar-refractivity contribution in [2.75, 3.05) is 13.6 Å². The molecule has 1 fully saturated rings. The van der Waals surface area contributed by atoms with Crippen LogP contribution in [0.2, 0.25) is 0 Å². The molecule has 2 rings (SSSR count). The smallest absolute Gasteiger partial charge is 0.275 e. The Bertz CT molecular complexity index is 443. The van der Waals surface area contributed by atoms with Crippen LogP contribution in [0.25, 0.3) is 0 Å². The number of likely N-dealkylation sites (N-methyl/N-ethyl adjacent to an activating group) is 1. The van der Waals surface area contributed by atoms with Gasteiger partial charge in [-0.05, 0) is 42.7 Å². The molecule has 1 heterocycles. The molecule has 112 valence electrons. The number of rotatable bonds is 5. The zero-order chi connectivity index (χ0) is 14.5. The molecule has 20 heavy (non-hydrogen) atoms. The fourth-order valence-corrected chi connectivity index (χ4v) is 4.00. The van der Waals surface area contributed by atoms with E-state index in [1.165, 1.54) is 34.6 Å². The molecule has 0 bridgehead atoms. The Hall–Kier alpha value is -0.870. The van der Waals surface area contributed by atoms with Crippen molar-refractivity contribution >= 4 is 17.2 Å². The van der Waals surface area contributed by atoms with Gasteiger partial charge in [0.25, 0.3) is 5.91 Å². The third-order valence-corrected chi connectivity index (χ3v) is 5.37. The van der Waals surface area contributed by atoms with Crippen LogP contribution < -0.4 is 10.2 Å². The predicted molar refractivity (Wildman–Crippen MR) is 84.1 cm³/mol. The molecule has 1 aromatic rings. The Morgan fingerprint density at radius 1 is 1.45 bits per heavy atom. The van der Waals surface area contributed by atoms with Crippen molar-refractivity contribution in [2.24, 2.45) is 5.92 Å². The average molecular weight is 295 g/mol. The topological polar surface area (TPSA) is 33.5 Å². The van der Waals surface area contributed by atoms with Crippen molar-refractivity contribution < 1.29 is 9.69 Å². The van der Waals surface area contributed by atoms with Crippen LogP contribution in [0.1, 0.15) is 43.0 Å². The van der Waals surface area contributed by atoms with Crippen molar-refractivity contribution in [3.05, 3.63) is 21.9 Å². The Balaban J connectivity index is 1.77. The van der Waals surface area contributed by atoms with Gasteiger partial charge in [0.1, 0.15) is 6.54 Å². The van der Waals surface area contributed by atoms with Crippen LogP contribution in [-0.2, 0) is 11.3 Å². The molecular weight excluding hydrogens is 268 g/mol. The number of hydrogen-bond donors (Lipinski definition) is 2. The van der Waals surface area contributed by atoms with Crippen molar-refractivity contribution in [1.29, 1.82) is 0 Å². The standard InChI is InChI=1S/C16H26N2OS/c1-12-6-4-5-7-14(12)17-16(19)11-18(3)10-15-13(2)8-9-20-15/h8-9,12,14H,4-7,10-11H2,1-3H3,(H,17,19)/p+1/t12-,14-/m0/s1. The summed E-state index contributed by atoms with van der Waals surface area (Å²) in [7, 11) is 2.10. The van der Waals surface area contributed by atoms with E-state index < -0.39 is 0 Å². The van der Waals surface area contributed by atoms with Gasteiger partial charge in [0.05, 0.1) is 11.9 Å². The summed E-state index contributed by atoms with van der Waals surface area (Å²) in [6.07, 6.45) is 4.97. The lowest BCUT2D eigenvalue weighted by molar-refractivity contribution is -0.885. The van der Waals surface area contributed by atoms with Gasteiger partial charge in [-0.2, -0.15) is 0 Å². The van der Waals surface area contributed by atoms with Crippen LogP contribution in [-0.4, -0.2) is 25.5 Å². The molecule has 1 aliphatic rings. The number of aryl methyl sites for hydroxylation is 1. The summed E-state index contributed by atoms with van der Waals surface area (Å²) in [6, 6.07) is 2.55. The Morgan fingerprint density at radius 2 is 2.20 bits per heavy atom. The van der Waals surface area contributed by atoms with Crippen LogP contribution >= 0.6 is 11.3 Å². The maximum Gasteiger partial charge on any atom is 0.275 e. The maximum absolute atomic E-state index is 12.2. The van der Waals surface area contributed by atoms with E-state index in [1.54, 1.807) is 11.3 Å². The molecule has 0 aromatic carbocycles. The molecule has 0 spiro atoms. The monoisotopic (exact) mass is 295 g/mol. The van der Waals surface area contributed by atoms with E-state index in [0.29, 0.717) is 18.5 Å². The Kier molecular flexibility index (Phi) is 5.61. The van der Waals surface area contributed by atoms with E-state index in [9.17, 15) is 4.79 Å². The SMILES string of the molecule is Cc1ccsc1C[NH+](C)CC(=O)N[C@H]1CCCC[C@@H]1C. The van der Waals surface area contributed by atoms with Crippen molar-refractivity contribution in [3.63, 3.8) is 0 Å². The lowest BCUT2D eigenvalue weighted by atomic mass is 9.86. The zero-order valence-corrected chi connectivity index (χ0v) is 13.7. The van der Waals surface area contributed by atoms with E-state index in [-0.39, 0.29) is 5.91 Å². The van der Waals surface area contributed by atoms with Gasteiger partial charge in [0.2, 0.25) is 0 Å². The second-order valence-corrected chi connectivity index (χ2v) is 7.27. The maximum atomic E-state index is 12.2. The van der Waals surface area contributed by atoms with E-state index in [1.807, 2.05) is 0 Å². The second kappa shape index (κ2) is 7.23. The summed E-state index contributed by atoms with van der Waals surface area (Å²) in [5.74, 6) is 0.836. The minimum absolute atomic E-state index is 0.204. The molecular formula is C16H27N2OS+. The predicted octanol–water partition coefficient (Wildman–Crippen LogP) is 1.77. The molecule has 4 heteroatoms. The summed E-state index contributed by atoms with van der Waals surface area (Å²) in [4.78, 5) is 14.8. The van der Waals surface area contributed by atoms with Gasteiger partial charge >= 0.3 is 0 Å². The molecule has 0 saturated heterocycles. The van der Waals surface area contributed by atoms with E-state index in [2.05, 4.69) is 37.7 Å². The lowest BCUT2D eigenvalue weighted by Gasteiger charge is -2.29. The molecule has 1 amide bonds. The first kappa shape index (κ1) is 15.5. The minimum Gasteiger partial charge on any atom is -0.348 e. The quantitative estimate of drug-likeness (QED) is 0.853. The van der Waals surface area contributed by atoms with Gasteiger partial charge < -0.3 is 10.2 Å². The van der Waals surface area contributed by atoms with Crippen LogP contribution in [0.15, 0.2) is 11.4 Å². The number of nitrogens with one attached hydrogen (secondary N) is 2. The minimum atomic E-state index is 0.204. The van der Waals surface area contributed by atoms with E-state index >= 15 is 0 Å². The molecule has 3 nitrogen and oxygen atoms in total. The zero-order valence-electron chi connectivity index (χ0n) is 12.9. The highest BCUT2D eigenvalue weighted by molar-refractivity contribution is 7.10. The first-order chi connectivity index (χ1) is 9.56. The number of hydrogen-bond acceptors (Lipinski definition) is 2. The van der Waals surface area contributed by atoms with E-state index in [0.717, 1.165) is 13.0 Å². The third-order valence-electron chi connectivity index (χ3n) is 4.35. The van der Waals surface area contributed by atoms with Crippen molar-refractivity contribution in [2.45, 2.75) is 52.1 Å². The number of thiophene rings is 1. The van der Waals surface area contributed by atoms with Crippen LogP contribution in [0.4, 0.5) is 0 Å². The van der Waals surface area contributed by atoms with Gasteiger partial charge in [-0.15, -0.1) is 11.3 Å². The van der Waals surface area contributed by atoms with Gasteiger partial charge in [-0.25, -0.2) is 0 Å². The van der Waals surface area contributed by atoms with Gasteiger partial charge in [0.15, 0.2) is 6.54 Å². The summed E-state index contributed by atoms with van der Waals surface area (Å²) in [5.41, 5.74) is 1.34. The number of amides is 1. The van der Waals surface area contributed by atoms with Crippen molar-refractivity contribution in [3.8, 4) is 0 Å². The fourth-order valence-electron chi connectivity index (χ4n) is 2.98. The summed E-state index contributed by atoms with van der Waals surface area (Å²) < 4.78 is 0. The first-order valence-electron chi connectivity index (χ1n) is 7.70. The summed E-state index contributed by atoms with van der Waals surface area (Å²) in [6.45, 7) is 5.91. The largest absolute Gasteiger partial charge is 0.348 e. The molecule has 3 atom stereocenters. The first-order valence-corrected chi connectivity index (χ1v) is 8.58. The van der Waals surface area contributed by atoms with Gasteiger partial charge in [-0.3, -0.25) is 4.79 Å². The normalized spacial score (nSPS) is 24.4.